The van der Waals surface area contributed by atoms with Crippen LogP contribution in [-0.4, -0.2) is 17.2 Å². The molecule has 2 nitrogen and oxygen atoms in total. The minimum Gasteiger partial charge on any atom is -0.423 e. The van der Waals surface area contributed by atoms with Crippen molar-refractivity contribution in [1.29, 1.82) is 0 Å². The molecule has 3 heteroatoms. The number of hydrogen-bond donors (Lipinski definition) is 2. The molecule has 0 saturated heterocycles. The van der Waals surface area contributed by atoms with Crippen molar-refractivity contribution in [2.24, 2.45) is 0 Å². The molecule has 0 fully saturated rings. The fourth-order valence-electron chi connectivity index (χ4n) is 6.12. The minimum atomic E-state index is -1.54. The molecule has 0 atom stereocenters. The Balaban J connectivity index is 1.74. The lowest BCUT2D eigenvalue weighted by Gasteiger charge is -2.30. The third kappa shape index (κ3) is 2.03. The molecular weight excluding hydrogens is 391 g/mol. The van der Waals surface area contributed by atoms with E-state index in [0.717, 1.165) is 22.1 Å². The van der Waals surface area contributed by atoms with Gasteiger partial charge in [0, 0.05) is 0 Å². The fraction of sp³-hybridized carbons (Fsp3) is 0.0345. The molecule has 2 aliphatic rings. The van der Waals surface area contributed by atoms with Crippen LogP contribution in [0, 0.1) is 0 Å². The number of fused-ring (bicyclic) bond motifs is 11. The van der Waals surface area contributed by atoms with Gasteiger partial charge in [-0.3, -0.25) is 0 Å². The molecule has 0 aliphatic heterocycles. The predicted octanol–water partition coefficient (Wildman–Crippen LogP) is 4.86. The second-order valence-corrected chi connectivity index (χ2v) is 8.73. The first-order valence-electron chi connectivity index (χ1n) is 10.9. The third-order valence-electron chi connectivity index (χ3n) is 7.29. The molecule has 0 aromatic heterocycles. The van der Waals surface area contributed by atoms with E-state index < -0.39 is 12.5 Å². The SMILES string of the molecule is OB(O)c1cccc2c1-c1cc3ccccc3cc1C21c2ccccc2-c2ccccc21. The number of benzene rings is 5. The molecule has 32 heavy (non-hydrogen) atoms. The van der Waals surface area contributed by atoms with Gasteiger partial charge in [-0.2, -0.15) is 0 Å². The Kier molecular flexibility index (Phi) is 3.48. The molecule has 2 N–H and O–H groups in total. The largest absolute Gasteiger partial charge is 0.489 e. The highest BCUT2D eigenvalue weighted by Gasteiger charge is 2.52. The normalized spacial score (nSPS) is 14.2. The Morgan fingerprint density at radius 2 is 1.06 bits per heavy atom. The standard InChI is InChI=1S/C29H19BO2/c31-30(32)27-15-7-14-25-28(27)22-16-18-8-1-2-9-19(18)17-26(22)29(25)23-12-5-3-10-20(23)21-11-4-6-13-24(21)29/h1-17,31-32H. The van der Waals surface area contributed by atoms with E-state index in [4.69, 9.17) is 0 Å². The monoisotopic (exact) mass is 410 g/mol. The average molecular weight is 410 g/mol. The van der Waals surface area contributed by atoms with E-state index in [-0.39, 0.29) is 0 Å². The average Bonchev–Trinajstić information content (AvgIpc) is 3.29. The zero-order chi connectivity index (χ0) is 21.4. The van der Waals surface area contributed by atoms with Crippen LogP contribution in [0.5, 0.6) is 0 Å². The van der Waals surface area contributed by atoms with Crippen LogP contribution in [-0.2, 0) is 5.41 Å². The molecule has 150 valence electrons. The summed E-state index contributed by atoms with van der Waals surface area (Å²) in [5.74, 6) is 0. The quantitative estimate of drug-likeness (QED) is 0.380. The minimum absolute atomic E-state index is 0.479. The van der Waals surface area contributed by atoms with Crippen LogP contribution in [0.25, 0.3) is 33.0 Å². The van der Waals surface area contributed by atoms with E-state index in [1.165, 1.54) is 33.2 Å². The maximum atomic E-state index is 10.3. The van der Waals surface area contributed by atoms with Gasteiger partial charge in [-0.05, 0) is 72.9 Å². The zero-order valence-electron chi connectivity index (χ0n) is 17.3. The van der Waals surface area contributed by atoms with Crippen molar-refractivity contribution in [2.75, 3.05) is 0 Å². The Morgan fingerprint density at radius 1 is 0.500 bits per heavy atom. The van der Waals surface area contributed by atoms with Crippen LogP contribution in [0.3, 0.4) is 0 Å². The maximum absolute atomic E-state index is 10.3. The molecule has 5 aromatic rings. The van der Waals surface area contributed by atoms with Crippen LogP contribution in [0.4, 0.5) is 0 Å². The first-order valence-corrected chi connectivity index (χ1v) is 10.9. The first kappa shape index (κ1) is 18.0. The van der Waals surface area contributed by atoms with E-state index >= 15 is 0 Å². The van der Waals surface area contributed by atoms with E-state index in [1.54, 1.807) is 0 Å². The molecule has 5 aromatic carbocycles. The fourth-order valence-corrected chi connectivity index (χ4v) is 6.12. The summed E-state index contributed by atoms with van der Waals surface area (Å²) in [6.45, 7) is 0. The van der Waals surface area contributed by atoms with Crippen molar-refractivity contribution in [3.8, 4) is 22.3 Å². The smallest absolute Gasteiger partial charge is 0.423 e. The summed E-state index contributed by atoms with van der Waals surface area (Å²) < 4.78 is 0. The second-order valence-electron chi connectivity index (χ2n) is 8.73. The molecule has 0 amide bonds. The third-order valence-corrected chi connectivity index (χ3v) is 7.29. The van der Waals surface area contributed by atoms with Gasteiger partial charge in [0.15, 0.2) is 0 Å². The van der Waals surface area contributed by atoms with Gasteiger partial charge in [0.05, 0.1) is 5.41 Å². The molecule has 1 spiro atoms. The van der Waals surface area contributed by atoms with Gasteiger partial charge < -0.3 is 10.0 Å². The molecule has 2 aliphatic carbocycles. The number of hydrogen-bond acceptors (Lipinski definition) is 2. The maximum Gasteiger partial charge on any atom is 0.489 e. The summed E-state index contributed by atoms with van der Waals surface area (Å²) in [4.78, 5) is 0. The summed E-state index contributed by atoms with van der Waals surface area (Å²) in [6.07, 6.45) is 0. The van der Waals surface area contributed by atoms with E-state index in [9.17, 15) is 10.0 Å². The summed E-state index contributed by atoms with van der Waals surface area (Å²) >= 11 is 0. The molecular formula is C29H19BO2. The van der Waals surface area contributed by atoms with Gasteiger partial charge in [-0.25, -0.2) is 0 Å². The van der Waals surface area contributed by atoms with Gasteiger partial charge in [0.25, 0.3) is 0 Å². The number of rotatable bonds is 1. The first-order chi connectivity index (χ1) is 15.7. The highest BCUT2D eigenvalue weighted by molar-refractivity contribution is 6.60. The van der Waals surface area contributed by atoms with Crippen LogP contribution >= 0.6 is 0 Å². The van der Waals surface area contributed by atoms with Crippen molar-refractivity contribution in [3.63, 3.8) is 0 Å². The summed E-state index contributed by atoms with van der Waals surface area (Å²) in [7, 11) is -1.54. The van der Waals surface area contributed by atoms with Crippen molar-refractivity contribution in [3.05, 3.63) is 125 Å². The zero-order valence-corrected chi connectivity index (χ0v) is 17.3. The second kappa shape index (κ2) is 6.20. The van der Waals surface area contributed by atoms with Crippen molar-refractivity contribution in [1.82, 2.24) is 0 Å². The predicted molar refractivity (Wildman–Crippen MR) is 130 cm³/mol. The van der Waals surface area contributed by atoms with Gasteiger partial charge in [-0.1, -0.05) is 91.0 Å². The van der Waals surface area contributed by atoms with Crippen molar-refractivity contribution in [2.45, 2.75) is 5.41 Å². The van der Waals surface area contributed by atoms with E-state index in [2.05, 4.69) is 84.9 Å². The molecule has 0 radical (unpaired) electrons. The summed E-state index contributed by atoms with van der Waals surface area (Å²) in [5, 5.41) is 22.9. The Hall–Kier alpha value is -3.66. The van der Waals surface area contributed by atoms with Crippen LogP contribution in [0.15, 0.2) is 103 Å². The Morgan fingerprint density at radius 3 is 1.72 bits per heavy atom. The highest BCUT2D eigenvalue weighted by Crippen LogP contribution is 2.62. The summed E-state index contributed by atoms with van der Waals surface area (Å²) in [6, 6.07) is 36.1. The Bertz CT molecular complexity index is 1520. The van der Waals surface area contributed by atoms with E-state index in [0.29, 0.717) is 5.46 Å². The van der Waals surface area contributed by atoms with Crippen molar-refractivity contribution < 1.29 is 10.0 Å². The van der Waals surface area contributed by atoms with Gasteiger partial charge in [0.1, 0.15) is 0 Å². The topological polar surface area (TPSA) is 40.5 Å². The lowest BCUT2D eigenvalue weighted by molar-refractivity contribution is 0.426. The van der Waals surface area contributed by atoms with Crippen LogP contribution in [0.2, 0.25) is 0 Å². The molecule has 0 heterocycles. The molecule has 7 rings (SSSR count). The van der Waals surface area contributed by atoms with Gasteiger partial charge in [0.2, 0.25) is 0 Å². The highest BCUT2D eigenvalue weighted by atomic mass is 16.4. The molecule has 0 saturated carbocycles. The lowest BCUT2D eigenvalue weighted by atomic mass is 9.69. The van der Waals surface area contributed by atoms with Crippen LogP contribution in [0.1, 0.15) is 22.3 Å². The van der Waals surface area contributed by atoms with E-state index in [1.807, 2.05) is 18.2 Å². The van der Waals surface area contributed by atoms with Gasteiger partial charge in [-0.15, -0.1) is 0 Å². The molecule has 0 unspecified atom stereocenters. The summed E-state index contributed by atoms with van der Waals surface area (Å²) in [5.41, 5.74) is 9.40. The lowest BCUT2D eigenvalue weighted by Crippen LogP contribution is -2.33. The van der Waals surface area contributed by atoms with Gasteiger partial charge >= 0.3 is 7.12 Å². The van der Waals surface area contributed by atoms with Crippen LogP contribution < -0.4 is 5.46 Å². The molecule has 0 bridgehead atoms. The van der Waals surface area contributed by atoms with Crippen molar-refractivity contribution >= 4 is 23.4 Å². The Labute approximate surface area is 186 Å².